The van der Waals surface area contributed by atoms with E-state index >= 15 is 0 Å². The van der Waals surface area contributed by atoms with Crippen molar-refractivity contribution >= 4 is 11.8 Å². The largest absolute Gasteiger partial charge is 0.450 e. The fourth-order valence-corrected chi connectivity index (χ4v) is 1.13. The lowest BCUT2D eigenvalue weighted by atomic mass is 10.1. The Kier molecular flexibility index (Phi) is 2.97. The SMILES string of the molecule is COC1C(=O)C(=O)OC1[C@@H](O)CO. The minimum absolute atomic E-state index is 0.592. The van der Waals surface area contributed by atoms with E-state index in [1.165, 1.54) is 7.11 Å². The zero-order valence-corrected chi connectivity index (χ0v) is 6.97. The number of Topliss-reactive ketones (excluding diaryl/α,β-unsaturated/α-hetero) is 1. The Morgan fingerprint density at radius 2 is 2.23 bits per heavy atom. The van der Waals surface area contributed by atoms with E-state index in [0.29, 0.717) is 0 Å². The first-order valence-corrected chi connectivity index (χ1v) is 3.68. The molecule has 1 aliphatic rings. The van der Waals surface area contributed by atoms with Crippen molar-refractivity contribution in [1.82, 2.24) is 0 Å². The summed E-state index contributed by atoms with van der Waals surface area (Å²) in [6, 6.07) is 0. The summed E-state index contributed by atoms with van der Waals surface area (Å²) in [7, 11) is 1.22. The molecule has 0 bridgehead atoms. The second kappa shape index (κ2) is 3.82. The number of cyclic esters (lactones) is 1. The Balaban J connectivity index is 2.76. The van der Waals surface area contributed by atoms with Crippen LogP contribution in [0.15, 0.2) is 0 Å². The van der Waals surface area contributed by atoms with Crippen LogP contribution < -0.4 is 0 Å². The molecule has 1 heterocycles. The molecule has 6 nitrogen and oxygen atoms in total. The number of esters is 1. The normalized spacial score (nSPS) is 30.4. The van der Waals surface area contributed by atoms with Gasteiger partial charge in [-0.25, -0.2) is 4.79 Å². The van der Waals surface area contributed by atoms with Crippen LogP contribution in [0, 0.1) is 0 Å². The number of methoxy groups -OCH3 is 1. The topological polar surface area (TPSA) is 93.1 Å². The predicted octanol–water partition coefficient (Wildman–Crippen LogP) is -2.15. The summed E-state index contributed by atoms with van der Waals surface area (Å²) < 4.78 is 9.17. The van der Waals surface area contributed by atoms with E-state index in [1.807, 2.05) is 0 Å². The highest BCUT2D eigenvalue weighted by Gasteiger charge is 2.47. The number of carbonyl (C=O) groups is 2. The maximum atomic E-state index is 11.0. The maximum absolute atomic E-state index is 11.0. The molecule has 1 aliphatic heterocycles. The van der Waals surface area contributed by atoms with Gasteiger partial charge in [0.1, 0.15) is 6.10 Å². The zero-order chi connectivity index (χ0) is 10.0. The molecule has 2 N–H and O–H groups in total. The number of hydrogen-bond acceptors (Lipinski definition) is 6. The van der Waals surface area contributed by atoms with Gasteiger partial charge < -0.3 is 19.7 Å². The molecule has 1 rings (SSSR count). The van der Waals surface area contributed by atoms with Gasteiger partial charge in [0.05, 0.1) is 6.61 Å². The molecule has 1 fully saturated rings. The molecular weight excluding hydrogens is 180 g/mol. The standard InChI is InChI=1S/C7H10O6/c1-12-6-4(10)7(11)13-5(6)3(9)2-8/h3,5-6,8-9H,2H2,1H3/t3-,5?,6?/m0/s1. The predicted molar refractivity (Wildman–Crippen MR) is 38.8 cm³/mol. The van der Waals surface area contributed by atoms with E-state index in [1.54, 1.807) is 0 Å². The molecule has 0 aromatic carbocycles. The van der Waals surface area contributed by atoms with Gasteiger partial charge in [-0.05, 0) is 0 Å². The van der Waals surface area contributed by atoms with Crippen LogP contribution in [0.5, 0.6) is 0 Å². The number of ketones is 1. The Hall–Kier alpha value is -0.980. The first-order valence-electron chi connectivity index (χ1n) is 3.68. The maximum Gasteiger partial charge on any atom is 0.378 e. The molecule has 13 heavy (non-hydrogen) atoms. The third-order valence-electron chi connectivity index (χ3n) is 1.82. The van der Waals surface area contributed by atoms with Crippen molar-refractivity contribution < 1.29 is 29.3 Å². The van der Waals surface area contributed by atoms with Gasteiger partial charge in [0.25, 0.3) is 5.78 Å². The van der Waals surface area contributed by atoms with Crippen molar-refractivity contribution in [1.29, 1.82) is 0 Å². The zero-order valence-electron chi connectivity index (χ0n) is 6.97. The Morgan fingerprint density at radius 3 is 2.69 bits per heavy atom. The van der Waals surface area contributed by atoms with Crippen molar-refractivity contribution in [2.75, 3.05) is 13.7 Å². The van der Waals surface area contributed by atoms with Crippen LogP contribution in [0.1, 0.15) is 0 Å². The van der Waals surface area contributed by atoms with E-state index in [-0.39, 0.29) is 0 Å². The van der Waals surface area contributed by atoms with Gasteiger partial charge in [-0.15, -0.1) is 0 Å². The number of ether oxygens (including phenoxy) is 2. The fraction of sp³-hybridized carbons (Fsp3) is 0.714. The molecule has 74 valence electrons. The third-order valence-corrected chi connectivity index (χ3v) is 1.82. The van der Waals surface area contributed by atoms with Crippen molar-refractivity contribution in [3.63, 3.8) is 0 Å². The van der Waals surface area contributed by atoms with E-state index in [4.69, 9.17) is 10.2 Å². The van der Waals surface area contributed by atoms with Crippen LogP contribution in [-0.4, -0.2) is 54.0 Å². The molecule has 0 saturated carbocycles. The van der Waals surface area contributed by atoms with Crippen molar-refractivity contribution in [3.05, 3.63) is 0 Å². The van der Waals surface area contributed by atoms with Crippen molar-refractivity contribution in [3.8, 4) is 0 Å². The minimum atomic E-state index is -1.29. The van der Waals surface area contributed by atoms with E-state index in [0.717, 1.165) is 0 Å². The first-order chi connectivity index (χ1) is 6.11. The van der Waals surface area contributed by atoms with E-state index in [2.05, 4.69) is 9.47 Å². The molecule has 1 saturated heterocycles. The second-order valence-corrected chi connectivity index (χ2v) is 2.64. The molecule has 0 aromatic heterocycles. The first kappa shape index (κ1) is 10.1. The van der Waals surface area contributed by atoms with Crippen molar-refractivity contribution in [2.24, 2.45) is 0 Å². The van der Waals surface area contributed by atoms with E-state index < -0.39 is 36.7 Å². The molecule has 0 radical (unpaired) electrons. The number of hydrogen-bond donors (Lipinski definition) is 2. The van der Waals surface area contributed by atoms with Gasteiger partial charge in [-0.2, -0.15) is 0 Å². The molecule has 2 unspecified atom stereocenters. The number of aliphatic hydroxyl groups is 2. The average Bonchev–Trinajstić information content (AvgIpc) is 2.42. The minimum Gasteiger partial charge on any atom is -0.450 e. The molecule has 0 aliphatic carbocycles. The number of carbonyl (C=O) groups excluding carboxylic acids is 2. The fourth-order valence-electron chi connectivity index (χ4n) is 1.13. The van der Waals surface area contributed by atoms with Crippen LogP contribution in [0.25, 0.3) is 0 Å². The molecule has 3 atom stereocenters. The number of aliphatic hydroxyl groups excluding tert-OH is 2. The summed E-state index contributed by atoms with van der Waals surface area (Å²) in [6.07, 6.45) is -3.51. The van der Waals surface area contributed by atoms with Gasteiger partial charge in [0.15, 0.2) is 12.2 Å². The van der Waals surface area contributed by atoms with Gasteiger partial charge in [-0.1, -0.05) is 0 Å². The lowest BCUT2D eigenvalue weighted by Crippen LogP contribution is -2.40. The van der Waals surface area contributed by atoms with Crippen LogP contribution in [-0.2, 0) is 19.1 Å². The number of rotatable bonds is 3. The second-order valence-electron chi connectivity index (χ2n) is 2.64. The van der Waals surface area contributed by atoms with Crippen molar-refractivity contribution in [2.45, 2.75) is 18.3 Å². The van der Waals surface area contributed by atoms with Crippen LogP contribution in [0.4, 0.5) is 0 Å². The third kappa shape index (κ3) is 1.69. The highest BCUT2D eigenvalue weighted by Crippen LogP contribution is 2.17. The smallest absolute Gasteiger partial charge is 0.378 e. The van der Waals surface area contributed by atoms with Crippen LogP contribution in [0.3, 0.4) is 0 Å². The molecular formula is C7H10O6. The molecule has 6 heteroatoms. The highest BCUT2D eigenvalue weighted by atomic mass is 16.6. The average molecular weight is 190 g/mol. The summed E-state index contributed by atoms with van der Waals surface area (Å²) in [4.78, 5) is 21.7. The monoisotopic (exact) mass is 190 g/mol. The van der Waals surface area contributed by atoms with Gasteiger partial charge in [0, 0.05) is 7.11 Å². The lowest BCUT2D eigenvalue weighted by Gasteiger charge is -2.18. The van der Waals surface area contributed by atoms with Gasteiger partial charge >= 0.3 is 5.97 Å². The van der Waals surface area contributed by atoms with Gasteiger partial charge in [-0.3, -0.25) is 4.79 Å². The van der Waals surface area contributed by atoms with E-state index in [9.17, 15) is 9.59 Å². The Labute approximate surface area is 74.1 Å². The summed E-state index contributed by atoms with van der Waals surface area (Å²) >= 11 is 0. The lowest BCUT2D eigenvalue weighted by molar-refractivity contribution is -0.152. The Bertz CT molecular complexity index is 225. The quantitative estimate of drug-likeness (QED) is 0.389. The highest BCUT2D eigenvalue weighted by molar-refractivity contribution is 6.37. The summed E-state index contributed by atoms with van der Waals surface area (Å²) in [6.45, 7) is -0.592. The molecule has 0 amide bonds. The van der Waals surface area contributed by atoms with Gasteiger partial charge in [0.2, 0.25) is 0 Å². The molecule has 0 spiro atoms. The van der Waals surface area contributed by atoms with Crippen LogP contribution in [0.2, 0.25) is 0 Å². The Morgan fingerprint density at radius 1 is 1.62 bits per heavy atom. The summed E-state index contributed by atoms with van der Waals surface area (Å²) in [5.41, 5.74) is 0. The summed E-state index contributed by atoms with van der Waals surface area (Å²) in [5.74, 6) is -1.87. The van der Waals surface area contributed by atoms with Crippen LogP contribution >= 0.6 is 0 Å². The molecule has 0 aromatic rings. The summed E-state index contributed by atoms with van der Waals surface area (Å²) in [5, 5.41) is 17.7.